The number of hydrogen-bond acceptors (Lipinski definition) is 4. The van der Waals surface area contributed by atoms with Crippen LogP contribution >= 0.6 is 0 Å². The molecule has 4 aromatic rings. The van der Waals surface area contributed by atoms with Crippen LogP contribution in [-0.2, 0) is 6.54 Å². The maximum Gasteiger partial charge on any atom is 0.276 e. The van der Waals surface area contributed by atoms with Gasteiger partial charge in [0.05, 0.1) is 12.2 Å². The minimum atomic E-state index is -0.682. The van der Waals surface area contributed by atoms with E-state index in [0.717, 1.165) is 11.6 Å². The minimum Gasteiger partial charge on any atom is -0.454 e. The van der Waals surface area contributed by atoms with Crippen molar-refractivity contribution in [2.24, 2.45) is 0 Å². The number of benzene rings is 2. The lowest BCUT2D eigenvalue weighted by molar-refractivity contribution is 0.174. The fraction of sp³-hybridized carbons (Fsp3) is 0.100. The van der Waals surface area contributed by atoms with Crippen LogP contribution in [0.1, 0.15) is 5.56 Å². The van der Waals surface area contributed by atoms with Crippen LogP contribution in [0.5, 0.6) is 11.5 Å². The van der Waals surface area contributed by atoms with Gasteiger partial charge in [-0.25, -0.2) is 13.3 Å². The van der Waals surface area contributed by atoms with Crippen molar-refractivity contribution in [3.05, 3.63) is 82.4 Å². The van der Waals surface area contributed by atoms with E-state index in [1.165, 1.54) is 27.4 Å². The van der Waals surface area contributed by atoms with Gasteiger partial charge in [0.25, 0.3) is 5.56 Å². The molecule has 28 heavy (non-hydrogen) atoms. The molecule has 0 atom stereocenters. The summed E-state index contributed by atoms with van der Waals surface area (Å²) in [6.07, 6.45) is 3.16. The van der Waals surface area contributed by atoms with E-state index in [2.05, 4.69) is 5.10 Å². The Morgan fingerprint density at radius 2 is 1.75 bits per heavy atom. The number of fused-ring (bicyclic) bond motifs is 2. The lowest BCUT2D eigenvalue weighted by Gasteiger charge is -2.06. The largest absolute Gasteiger partial charge is 0.454 e. The summed E-state index contributed by atoms with van der Waals surface area (Å²) in [4.78, 5) is 12.8. The van der Waals surface area contributed by atoms with Gasteiger partial charge < -0.3 is 14.0 Å². The molecule has 5 rings (SSSR count). The van der Waals surface area contributed by atoms with Gasteiger partial charge in [-0.05, 0) is 42.0 Å². The minimum absolute atomic E-state index is 0.0501. The van der Waals surface area contributed by atoms with E-state index in [1.807, 2.05) is 6.07 Å². The second-order valence-electron chi connectivity index (χ2n) is 6.44. The SMILES string of the molecule is O=c1c2cc(-c3ccc4c(c3)OCO4)nn2ccn1Cc1cc(F)cc(F)c1. The summed E-state index contributed by atoms with van der Waals surface area (Å²) in [7, 11) is 0. The Kier molecular flexibility index (Phi) is 3.65. The zero-order chi connectivity index (χ0) is 19.3. The van der Waals surface area contributed by atoms with Crippen LogP contribution in [0.3, 0.4) is 0 Å². The molecule has 2 aromatic carbocycles. The number of rotatable bonds is 3. The Balaban J connectivity index is 1.54. The van der Waals surface area contributed by atoms with Crippen molar-refractivity contribution in [1.82, 2.24) is 14.2 Å². The Hall–Kier alpha value is -3.68. The van der Waals surface area contributed by atoms with E-state index in [9.17, 15) is 13.6 Å². The number of halogens is 2. The molecule has 0 fully saturated rings. The zero-order valence-corrected chi connectivity index (χ0v) is 14.4. The predicted octanol–water partition coefficient (Wildman–Crippen LogP) is 3.22. The first-order valence-electron chi connectivity index (χ1n) is 8.51. The second kappa shape index (κ2) is 6.19. The van der Waals surface area contributed by atoms with Crippen LogP contribution in [0.4, 0.5) is 8.78 Å². The Bertz CT molecular complexity index is 1260. The molecule has 3 heterocycles. The van der Waals surface area contributed by atoms with Crippen molar-refractivity contribution in [2.75, 3.05) is 6.79 Å². The topological polar surface area (TPSA) is 57.8 Å². The van der Waals surface area contributed by atoms with Crippen LogP contribution in [0.2, 0.25) is 0 Å². The molecule has 1 aliphatic heterocycles. The molecule has 0 saturated heterocycles. The molecule has 2 aromatic heterocycles. The number of ether oxygens (including phenoxy) is 2. The smallest absolute Gasteiger partial charge is 0.276 e. The third-order valence-electron chi connectivity index (χ3n) is 4.55. The standard InChI is InChI=1S/C20H13F2N3O3/c21-14-5-12(6-15(22)8-14)10-24-3-4-25-17(20(24)26)9-16(23-25)13-1-2-18-19(7-13)28-11-27-18/h1-9H,10-11H2. The molecule has 1 aliphatic rings. The number of nitrogens with zero attached hydrogens (tertiary/aromatic N) is 3. The van der Waals surface area contributed by atoms with E-state index in [4.69, 9.17) is 9.47 Å². The summed E-state index contributed by atoms with van der Waals surface area (Å²) in [5.41, 5.74) is 1.79. The summed E-state index contributed by atoms with van der Waals surface area (Å²) in [5.74, 6) is -0.0746. The molecular formula is C20H13F2N3O3. The monoisotopic (exact) mass is 381 g/mol. The summed E-state index contributed by atoms with van der Waals surface area (Å²) in [6.45, 7) is 0.226. The van der Waals surface area contributed by atoms with E-state index in [1.54, 1.807) is 24.4 Å². The molecule has 0 amide bonds. The van der Waals surface area contributed by atoms with Crippen LogP contribution in [-0.4, -0.2) is 21.0 Å². The molecule has 0 radical (unpaired) electrons. The second-order valence-corrected chi connectivity index (χ2v) is 6.44. The van der Waals surface area contributed by atoms with Crippen molar-refractivity contribution >= 4 is 5.52 Å². The average Bonchev–Trinajstić information content (AvgIpc) is 3.29. The Morgan fingerprint density at radius 3 is 2.57 bits per heavy atom. The van der Waals surface area contributed by atoms with Gasteiger partial charge in [0, 0.05) is 24.0 Å². The first kappa shape index (κ1) is 16.5. The highest BCUT2D eigenvalue weighted by molar-refractivity contribution is 5.68. The maximum atomic E-state index is 13.4. The summed E-state index contributed by atoms with van der Waals surface area (Å²) < 4.78 is 40.4. The number of hydrogen-bond donors (Lipinski definition) is 0. The van der Waals surface area contributed by atoms with Crippen molar-refractivity contribution < 1.29 is 18.3 Å². The maximum absolute atomic E-state index is 13.4. The highest BCUT2D eigenvalue weighted by atomic mass is 19.1. The molecule has 8 heteroatoms. The quantitative estimate of drug-likeness (QED) is 0.547. The van der Waals surface area contributed by atoms with Crippen LogP contribution in [0, 0.1) is 11.6 Å². The van der Waals surface area contributed by atoms with Gasteiger partial charge in [0.1, 0.15) is 17.2 Å². The molecule has 0 bridgehead atoms. The van der Waals surface area contributed by atoms with Crippen molar-refractivity contribution in [3.8, 4) is 22.8 Å². The van der Waals surface area contributed by atoms with Crippen LogP contribution in [0.15, 0.2) is 59.7 Å². The highest BCUT2D eigenvalue weighted by Crippen LogP contribution is 2.35. The molecular weight excluding hydrogens is 368 g/mol. The van der Waals surface area contributed by atoms with E-state index >= 15 is 0 Å². The summed E-state index contributed by atoms with van der Waals surface area (Å²) in [6, 6.07) is 10.3. The predicted molar refractivity (Wildman–Crippen MR) is 96.5 cm³/mol. The molecule has 140 valence electrons. The van der Waals surface area contributed by atoms with Gasteiger partial charge in [-0.1, -0.05) is 0 Å². The van der Waals surface area contributed by atoms with E-state index in [-0.39, 0.29) is 18.9 Å². The molecule has 0 spiro atoms. The van der Waals surface area contributed by atoms with Crippen molar-refractivity contribution in [1.29, 1.82) is 0 Å². The summed E-state index contributed by atoms with van der Waals surface area (Å²) in [5, 5.41) is 4.43. The van der Waals surface area contributed by atoms with Crippen molar-refractivity contribution in [2.45, 2.75) is 6.54 Å². The molecule has 0 saturated carbocycles. The van der Waals surface area contributed by atoms with Gasteiger partial charge in [-0.2, -0.15) is 5.10 Å². The third-order valence-corrected chi connectivity index (χ3v) is 4.55. The molecule has 0 unspecified atom stereocenters. The Labute approximate surface area is 157 Å². The molecule has 0 N–H and O–H groups in total. The van der Waals surface area contributed by atoms with Gasteiger partial charge in [-0.15, -0.1) is 0 Å². The lowest BCUT2D eigenvalue weighted by atomic mass is 10.1. The van der Waals surface area contributed by atoms with Gasteiger partial charge in [0.2, 0.25) is 6.79 Å². The van der Waals surface area contributed by atoms with Crippen LogP contribution in [0.25, 0.3) is 16.8 Å². The van der Waals surface area contributed by atoms with Gasteiger partial charge in [-0.3, -0.25) is 4.79 Å². The normalized spacial score (nSPS) is 12.6. The lowest BCUT2D eigenvalue weighted by Crippen LogP contribution is -2.21. The Morgan fingerprint density at radius 1 is 0.964 bits per heavy atom. The molecule has 0 aliphatic carbocycles. The third kappa shape index (κ3) is 2.79. The highest BCUT2D eigenvalue weighted by Gasteiger charge is 2.16. The van der Waals surface area contributed by atoms with E-state index < -0.39 is 11.6 Å². The fourth-order valence-electron chi connectivity index (χ4n) is 3.25. The average molecular weight is 381 g/mol. The zero-order valence-electron chi connectivity index (χ0n) is 14.4. The fourth-order valence-corrected chi connectivity index (χ4v) is 3.25. The van der Waals surface area contributed by atoms with Crippen LogP contribution < -0.4 is 15.0 Å². The first-order valence-corrected chi connectivity index (χ1v) is 8.51. The van der Waals surface area contributed by atoms with E-state index in [0.29, 0.717) is 28.3 Å². The van der Waals surface area contributed by atoms with Crippen molar-refractivity contribution in [3.63, 3.8) is 0 Å². The molecule has 6 nitrogen and oxygen atoms in total. The first-order chi connectivity index (χ1) is 13.6. The number of aromatic nitrogens is 3. The summed E-state index contributed by atoms with van der Waals surface area (Å²) >= 11 is 0. The van der Waals surface area contributed by atoms with Gasteiger partial charge in [0.15, 0.2) is 11.5 Å². The van der Waals surface area contributed by atoms with Gasteiger partial charge >= 0.3 is 0 Å².